The fraction of sp³-hybridized carbons (Fsp3) is 0.294. The summed E-state index contributed by atoms with van der Waals surface area (Å²) in [4.78, 5) is 13.4. The predicted octanol–water partition coefficient (Wildman–Crippen LogP) is 4.14. The number of hydrogen-bond donors (Lipinski definition) is 1. The van der Waals surface area contributed by atoms with Gasteiger partial charge in [0.2, 0.25) is 0 Å². The first kappa shape index (κ1) is 14.7. The monoisotopic (exact) mass is 314 g/mol. The van der Waals surface area contributed by atoms with Crippen LogP contribution in [0.4, 0.5) is 9.39 Å². The van der Waals surface area contributed by atoms with Crippen LogP contribution in [0.25, 0.3) is 0 Å². The summed E-state index contributed by atoms with van der Waals surface area (Å²) in [6.07, 6.45) is 2.89. The van der Waals surface area contributed by atoms with E-state index in [1.54, 1.807) is 6.07 Å². The lowest BCUT2D eigenvalue weighted by molar-refractivity contribution is 0.102. The molecule has 1 aliphatic carbocycles. The molecule has 1 N–H and O–H groups in total. The molecule has 1 aliphatic rings. The molecule has 0 unspecified atom stereocenters. The number of fused-ring (bicyclic) bond motifs is 1. The van der Waals surface area contributed by atoms with Crippen molar-refractivity contribution in [3.8, 4) is 6.07 Å². The van der Waals surface area contributed by atoms with Gasteiger partial charge in [0.25, 0.3) is 5.91 Å². The first-order valence-electron chi connectivity index (χ1n) is 7.20. The van der Waals surface area contributed by atoms with E-state index in [4.69, 9.17) is 0 Å². The Labute approximate surface area is 132 Å². The number of nitrogens with zero attached hydrogens (tertiary/aromatic N) is 1. The largest absolute Gasteiger partial charge is 0.312 e. The Morgan fingerprint density at radius 3 is 3.05 bits per heavy atom. The Hall–Kier alpha value is -2.19. The standard InChI is InChI=1S/C17H15FN2OS/c1-10-5-6-13-14(9-19)17(22-15(13)7-10)20-16(21)11-3-2-4-12(18)8-11/h2-4,8,10H,5-7H2,1H3,(H,20,21)/t10-/m1/s1. The first-order valence-corrected chi connectivity index (χ1v) is 8.01. The van der Waals surface area contributed by atoms with Crippen LogP contribution < -0.4 is 5.32 Å². The highest BCUT2D eigenvalue weighted by Crippen LogP contribution is 2.39. The number of rotatable bonds is 2. The second-order valence-electron chi connectivity index (χ2n) is 5.63. The highest BCUT2D eigenvalue weighted by Gasteiger charge is 2.24. The third-order valence-electron chi connectivity index (χ3n) is 3.94. The Balaban J connectivity index is 1.90. The van der Waals surface area contributed by atoms with E-state index in [0.29, 0.717) is 16.5 Å². The van der Waals surface area contributed by atoms with Crippen LogP contribution >= 0.6 is 11.3 Å². The number of hydrogen-bond acceptors (Lipinski definition) is 3. The number of carbonyl (C=O) groups excluding carboxylic acids is 1. The molecule has 1 amide bonds. The van der Waals surface area contributed by atoms with E-state index >= 15 is 0 Å². The zero-order chi connectivity index (χ0) is 15.7. The summed E-state index contributed by atoms with van der Waals surface area (Å²) in [5.74, 6) is -0.237. The second-order valence-corrected chi connectivity index (χ2v) is 6.74. The third kappa shape index (κ3) is 2.75. The molecule has 112 valence electrons. The minimum atomic E-state index is -0.451. The average molecular weight is 314 g/mol. The van der Waals surface area contributed by atoms with Gasteiger partial charge in [-0.15, -0.1) is 11.3 Å². The van der Waals surface area contributed by atoms with Gasteiger partial charge in [0.15, 0.2) is 0 Å². The van der Waals surface area contributed by atoms with Crippen molar-refractivity contribution in [3.05, 3.63) is 51.7 Å². The van der Waals surface area contributed by atoms with E-state index in [9.17, 15) is 14.4 Å². The molecule has 5 heteroatoms. The highest BCUT2D eigenvalue weighted by atomic mass is 32.1. The number of nitriles is 1. The predicted molar refractivity (Wildman–Crippen MR) is 84.6 cm³/mol. The smallest absolute Gasteiger partial charge is 0.256 e. The van der Waals surface area contributed by atoms with Crippen molar-refractivity contribution in [2.75, 3.05) is 5.32 Å². The molecule has 22 heavy (non-hydrogen) atoms. The summed E-state index contributed by atoms with van der Waals surface area (Å²) in [5.41, 5.74) is 1.89. The zero-order valence-corrected chi connectivity index (χ0v) is 13.0. The minimum Gasteiger partial charge on any atom is -0.312 e. The van der Waals surface area contributed by atoms with Gasteiger partial charge in [-0.25, -0.2) is 4.39 Å². The molecular weight excluding hydrogens is 299 g/mol. The average Bonchev–Trinajstić information content (AvgIpc) is 2.83. The lowest BCUT2D eigenvalue weighted by Crippen LogP contribution is -2.12. The number of anilines is 1. The van der Waals surface area contributed by atoms with Crippen LogP contribution in [0.15, 0.2) is 24.3 Å². The van der Waals surface area contributed by atoms with Crippen molar-refractivity contribution in [2.45, 2.75) is 26.2 Å². The minimum absolute atomic E-state index is 0.253. The highest BCUT2D eigenvalue weighted by molar-refractivity contribution is 7.16. The maximum Gasteiger partial charge on any atom is 0.256 e. The van der Waals surface area contributed by atoms with Gasteiger partial charge < -0.3 is 5.32 Å². The molecule has 3 rings (SSSR count). The molecule has 1 atom stereocenters. The number of halogens is 1. The molecule has 0 fully saturated rings. The molecule has 1 aromatic heterocycles. The van der Waals surface area contributed by atoms with Crippen molar-refractivity contribution in [2.24, 2.45) is 5.92 Å². The van der Waals surface area contributed by atoms with Crippen molar-refractivity contribution in [1.82, 2.24) is 0 Å². The zero-order valence-electron chi connectivity index (χ0n) is 12.1. The lowest BCUT2D eigenvalue weighted by atomic mass is 9.88. The fourth-order valence-electron chi connectivity index (χ4n) is 2.76. The Kier molecular flexibility index (Phi) is 3.95. The molecule has 0 bridgehead atoms. The summed E-state index contributed by atoms with van der Waals surface area (Å²) in [5, 5.41) is 12.7. The molecule has 0 aliphatic heterocycles. The number of amides is 1. The topological polar surface area (TPSA) is 52.9 Å². The molecule has 0 saturated heterocycles. The van der Waals surface area contributed by atoms with Crippen LogP contribution in [-0.2, 0) is 12.8 Å². The SMILES string of the molecule is C[C@@H]1CCc2c(sc(NC(=O)c3cccc(F)c3)c2C#N)C1. The summed E-state index contributed by atoms with van der Waals surface area (Å²) < 4.78 is 13.2. The van der Waals surface area contributed by atoms with Crippen LogP contribution in [0.5, 0.6) is 0 Å². The number of benzene rings is 1. The fourth-order valence-corrected chi connectivity index (χ4v) is 4.12. The van der Waals surface area contributed by atoms with E-state index in [0.717, 1.165) is 24.8 Å². The van der Waals surface area contributed by atoms with Crippen LogP contribution in [0.3, 0.4) is 0 Å². The lowest BCUT2D eigenvalue weighted by Gasteiger charge is -2.17. The molecule has 0 radical (unpaired) electrons. The van der Waals surface area contributed by atoms with E-state index in [1.807, 2.05) is 0 Å². The van der Waals surface area contributed by atoms with Crippen LogP contribution in [-0.4, -0.2) is 5.91 Å². The molecule has 2 aromatic rings. The van der Waals surface area contributed by atoms with Crippen LogP contribution in [0, 0.1) is 23.1 Å². The van der Waals surface area contributed by atoms with Gasteiger partial charge in [0.1, 0.15) is 16.9 Å². The molecule has 0 spiro atoms. The summed E-state index contributed by atoms with van der Waals surface area (Å²) in [7, 11) is 0. The maximum atomic E-state index is 13.2. The van der Waals surface area contributed by atoms with Gasteiger partial charge in [0.05, 0.1) is 5.56 Å². The van der Waals surface area contributed by atoms with E-state index in [1.165, 1.54) is 34.4 Å². The van der Waals surface area contributed by atoms with Gasteiger partial charge in [0, 0.05) is 10.4 Å². The molecule has 0 saturated carbocycles. The Bertz CT molecular complexity index is 775. The normalized spacial score (nSPS) is 16.7. The van der Waals surface area contributed by atoms with E-state index in [-0.39, 0.29) is 11.5 Å². The van der Waals surface area contributed by atoms with Crippen molar-refractivity contribution >= 4 is 22.2 Å². The molecule has 1 heterocycles. The summed E-state index contributed by atoms with van der Waals surface area (Å²) >= 11 is 1.47. The molecular formula is C17H15FN2OS. The Morgan fingerprint density at radius 1 is 1.50 bits per heavy atom. The van der Waals surface area contributed by atoms with E-state index < -0.39 is 5.82 Å². The molecule has 1 aromatic carbocycles. The number of nitrogens with one attached hydrogen (secondary N) is 1. The van der Waals surface area contributed by atoms with Crippen LogP contribution in [0.2, 0.25) is 0 Å². The van der Waals surface area contributed by atoms with Crippen molar-refractivity contribution in [1.29, 1.82) is 5.26 Å². The second kappa shape index (κ2) is 5.90. The van der Waals surface area contributed by atoms with E-state index in [2.05, 4.69) is 18.3 Å². The number of carbonyl (C=O) groups is 1. The summed E-state index contributed by atoms with van der Waals surface area (Å²) in [6, 6.07) is 7.75. The van der Waals surface area contributed by atoms with Gasteiger partial charge in [-0.1, -0.05) is 13.0 Å². The third-order valence-corrected chi connectivity index (χ3v) is 5.11. The quantitative estimate of drug-likeness (QED) is 0.906. The molecule has 3 nitrogen and oxygen atoms in total. The maximum absolute atomic E-state index is 13.2. The van der Waals surface area contributed by atoms with Gasteiger partial charge in [-0.3, -0.25) is 4.79 Å². The Morgan fingerprint density at radius 2 is 2.32 bits per heavy atom. The van der Waals surface area contributed by atoms with Crippen LogP contribution in [0.1, 0.15) is 39.7 Å². The van der Waals surface area contributed by atoms with Gasteiger partial charge in [-0.2, -0.15) is 5.26 Å². The van der Waals surface area contributed by atoms with Crippen molar-refractivity contribution < 1.29 is 9.18 Å². The van der Waals surface area contributed by atoms with Gasteiger partial charge >= 0.3 is 0 Å². The van der Waals surface area contributed by atoms with Crippen molar-refractivity contribution in [3.63, 3.8) is 0 Å². The van der Waals surface area contributed by atoms with Gasteiger partial charge in [-0.05, 0) is 48.9 Å². The number of thiophene rings is 1. The summed E-state index contributed by atoms with van der Waals surface area (Å²) in [6.45, 7) is 2.19. The first-order chi connectivity index (χ1) is 10.6.